The van der Waals surface area contributed by atoms with Gasteiger partial charge >= 0.3 is 0 Å². The maximum absolute atomic E-state index is 11.9. The Morgan fingerprint density at radius 3 is 2.67 bits per heavy atom. The second-order valence-electron chi connectivity index (χ2n) is 4.52. The van der Waals surface area contributed by atoms with Crippen molar-refractivity contribution in [1.82, 2.24) is 20.2 Å². The lowest BCUT2D eigenvalue weighted by Crippen LogP contribution is -2.14. The molecule has 0 aliphatic carbocycles. The first-order valence-electron chi connectivity index (χ1n) is 6.64. The van der Waals surface area contributed by atoms with E-state index in [4.69, 9.17) is 0 Å². The summed E-state index contributed by atoms with van der Waals surface area (Å²) in [5.74, 6) is 0.132. The summed E-state index contributed by atoms with van der Waals surface area (Å²) < 4.78 is 0. The third-order valence-electron chi connectivity index (χ3n) is 2.47. The van der Waals surface area contributed by atoms with Gasteiger partial charge < -0.3 is 0 Å². The van der Waals surface area contributed by atoms with E-state index in [0.717, 1.165) is 29.2 Å². The smallest absolute Gasteiger partial charge is 0.236 e. The Morgan fingerprint density at radius 1 is 1.29 bits per heavy atom. The van der Waals surface area contributed by atoms with E-state index in [1.165, 1.54) is 23.1 Å². The summed E-state index contributed by atoms with van der Waals surface area (Å²) in [5.41, 5.74) is 1.80. The van der Waals surface area contributed by atoms with Gasteiger partial charge in [-0.15, -0.1) is 10.2 Å². The van der Waals surface area contributed by atoms with E-state index in [1.807, 2.05) is 19.9 Å². The second kappa shape index (κ2) is 7.46. The molecule has 6 nitrogen and oxygen atoms in total. The van der Waals surface area contributed by atoms with Crippen LogP contribution < -0.4 is 5.32 Å². The van der Waals surface area contributed by atoms with E-state index < -0.39 is 0 Å². The number of nitrogens with one attached hydrogen (secondary N) is 1. The van der Waals surface area contributed by atoms with Gasteiger partial charge in [0.2, 0.25) is 11.0 Å². The monoisotopic (exact) mass is 323 g/mol. The standard InChI is InChI=1S/C13H17N5OS2/c1-4-5-11-17-18-13(21-11)16-10(19)7-20-12-14-8(2)6-9(3)15-12/h6H,4-5,7H2,1-3H3,(H,16,18,19). The first kappa shape index (κ1) is 15.8. The van der Waals surface area contributed by atoms with E-state index in [-0.39, 0.29) is 11.7 Å². The molecule has 1 amide bonds. The first-order valence-corrected chi connectivity index (χ1v) is 8.44. The molecular formula is C13H17N5OS2. The quantitative estimate of drug-likeness (QED) is 0.650. The number of carbonyl (C=O) groups excluding carboxylic acids is 1. The molecule has 0 unspecified atom stereocenters. The number of hydrogen-bond acceptors (Lipinski definition) is 7. The van der Waals surface area contributed by atoms with Crippen LogP contribution >= 0.6 is 23.1 Å². The highest BCUT2D eigenvalue weighted by Crippen LogP contribution is 2.18. The highest BCUT2D eigenvalue weighted by atomic mass is 32.2. The minimum absolute atomic E-state index is 0.123. The van der Waals surface area contributed by atoms with Crippen LogP contribution in [-0.2, 0) is 11.2 Å². The van der Waals surface area contributed by atoms with Gasteiger partial charge in [-0.25, -0.2) is 9.97 Å². The van der Waals surface area contributed by atoms with Crippen LogP contribution in [0, 0.1) is 13.8 Å². The van der Waals surface area contributed by atoms with Crippen LogP contribution in [0.15, 0.2) is 11.2 Å². The zero-order chi connectivity index (χ0) is 15.2. The Balaban J connectivity index is 1.86. The van der Waals surface area contributed by atoms with E-state index >= 15 is 0 Å². The molecule has 0 saturated carbocycles. The summed E-state index contributed by atoms with van der Waals surface area (Å²) in [4.78, 5) is 20.5. The van der Waals surface area contributed by atoms with Gasteiger partial charge in [0.05, 0.1) is 5.75 Å². The van der Waals surface area contributed by atoms with Crippen LogP contribution in [0.4, 0.5) is 5.13 Å². The number of carbonyl (C=O) groups is 1. The molecule has 112 valence electrons. The van der Waals surface area contributed by atoms with Crippen molar-refractivity contribution >= 4 is 34.1 Å². The molecule has 2 aromatic heterocycles. The minimum Gasteiger partial charge on any atom is -0.300 e. The molecule has 2 aromatic rings. The fraction of sp³-hybridized carbons (Fsp3) is 0.462. The van der Waals surface area contributed by atoms with Gasteiger partial charge in [0.15, 0.2) is 5.16 Å². The number of aromatic nitrogens is 4. The van der Waals surface area contributed by atoms with Gasteiger partial charge in [0.25, 0.3) is 0 Å². The van der Waals surface area contributed by atoms with Crippen LogP contribution in [-0.4, -0.2) is 31.8 Å². The fourth-order valence-corrected chi connectivity index (χ4v) is 3.27. The molecule has 21 heavy (non-hydrogen) atoms. The number of nitrogens with zero attached hydrogens (tertiary/aromatic N) is 4. The number of rotatable bonds is 6. The lowest BCUT2D eigenvalue weighted by atomic mass is 10.4. The van der Waals surface area contributed by atoms with Crippen LogP contribution in [0.5, 0.6) is 0 Å². The van der Waals surface area contributed by atoms with Crippen molar-refractivity contribution in [2.24, 2.45) is 0 Å². The SMILES string of the molecule is CCCc1nnc(NC(=O)CSc2nc(C)cc(C)n2)s1. The van der Waals surface area contributed by atoms with Crippen molar-refractivity contribution in [2.75, 3.05) is 11.1 Å². The molecular weight excluding hydrogens is 306 g/mol. The molecule has 0 saturated heterocycles. The molecule has 0 aromatic carbocycles. The first-order chi connectivity index (χ1) is 10.1. The minimum atomic E-state index is -0.123. The lowest BCUT2D eigenvalue weighted by Gasteiger charge is -2.02. The number of anilines is 1. The average molecular weight is 323 g/mol. The molecule has 0 radical (unpaired) electrons. The Morgan fingerprint density at radius 2 is 2.00 bits per heavy atom. The van der Waals surface area contributed by atoms with Crippen molar-refractivity contribution in [3.05, 3.63) is 22.5 Å². The summed E-state index contributed by atoms with van der Waals surface area (Å²) >= 11 is 2.73. The molecule has 2 heterocycles. The van der Waals surface area contributed by atoms with Crippen molar-refractivity contribution in [2.45, 2.75) is 38.8 Å². The number of aryl methyl sites for hydroxylation is 3. The van der Waals surface area contributed by atoms with Crippen molar-refractivity contribution in [3.8, 4) is 0 Å². The number of amides is 1. The number of thioether (sulfide) groups is 1. The Labute approximate surface area is 131 Å². The molecule has 0 fully saturated rings. The third-order valence-corrected chi connectivity index (χ3v) is 4.22. The highest BCUT2D eigenvalue weighted by Gasteiger charge is 2.09. The molecule has 2 rings (SSSR count). The summed E-state index contributed by atoms with van der Waals surface area (Å²) in [5, 5.41) is 12.8. The molecule has 1 N–H and O–H groups in total. The predicted octanol–water partition coefficient (Wildman–Crippen LogP) is 2.63. The number of hydrogen-bond donors (Lipinski definition) is 1. The van der Waals surface area contributed by atoms with Crippen molar-refractivity contribution in [1.29, 1.82) is 0 Å². The van der Waals surface area contributed by atoms with E-state index in [0.29, 0.717) is 10.3 Å². The van der Waals surface area contributed by atoms with E-state index in [1.54, 1.807) is 0 Å². The summed E-state index contributed by atoms with van der Waals surface area (Å²) in [6.07, 6.45) is 1.90. The zero-order valence-electron chi connectivity index (χ0n) is 12.2. The average Bonchev–Trinajstić information content (AvgIpc) is 2.83. The maximum Gasteiger partial charge on any atom is 0.236 e. The molecule has 0 aliphatic rings. The summed E-state index contributed by atoms with van der Waals surface area (Å²) in [7, 11) is 0. The van der Waals surface area contributed by atoms with Gasteiger partial charge in [-0.1, -0.05) is 30.0 Å². The highest BCUT2D eigenvalue weighted by molar-refractivity contribution is 7.99. The van der Waals surface area contributed by atoms with Crippen LogP contribution in [0.25, 0.3) is 0 Å². The Bertz CT molecular complexity index is 609. The van der Waals surface area contributed by atoms with Gasteiger partial charge in [-0.2, -0.15) is 0 Å². The van der Waals surface area contributed by atoms with Crippen LogP contribution in [0.2, 0.25) is 0 Å². The normalized spacial score (nSPS) is 10.6. The second-order valence-corrected chi connectivity index (χ2v) is 6.53. The van der Waals surface area contributed by atoms with Gasteiger partial charge in [0, 0.05) is 17.8 Å². The Hall–Kier alpha value is -1.54. The predicted molar refractivity (Wildman–Crippen MR) is 84.8 cm³/mol. The maximum atomic E-state index is 11.9. The van der Waals surface area contributed by atoms with Crippen molar-refractivity contribution < 1.29 is 4.79 Å². The molecule has 0 bridgehead atoms. The Kier molecular flexibility index (Phi) is 5.63. The van der Waals surface area contributed by atoms with Gasteiger partial charge in [-0.3, -0.25) is 10.1 Å². The van der Waals surface area contributed by atoms with E-state index in [9.17, 15) is 4.79 Å². The van der Waals surface area contributed by atoms with E-state index in [2.05, 4.69) is 32.4 Å². The molecule has 8 heteroatoms. The zero-order valence-corrected chi connectivity index (χ0v) is 13.8. The molecule has 0 spiro atoms. The summed E-state index contributed by atoms with van der Waals surface area (Å²) in [6.45, 7) is 5.91. The molecule has 0 aliphatic heterocycles. The molecule has 0 atom stereocenters. The topological polar surface area (TPSA) is 80.7 Å². The van der Waals surface area contributed by atoms with Crippen molar-refractivity contribution in [3.63, 3.8) is 0 Å². The van der Waals surface area contributed by atoms with Crippen LogP contribution in [0.3, 0.4) is 0 Å². The van der Waals surface area contributed by atoms with Gasteiger partial charge in [0.1, 0.15) is 5.01 Å². The summed E-state index contributed by atoms with van der Waals surface area (Å²) in [6, 6.07) is 1.90. The fourth-order valence-electron chi connectivity index (χ4n) is 1.66. The lowest BCUT2D eigenvalue weighted by molar-refractivity contribution is -0.113. The van der Waals surface area contributed by atoms with Crippen LogP contribution in [0.1, 0.15) is 29.7 Å². The van der Waals surface area contributed by atoms with Gasteiger partial charge in [-0.05, 0) is 26.3 Å². The third kappa shape index (κ3) is 5.05. The largest absolute Gasteiger partial charge is 0.300 e.